The van der Waals surface area contributed by atoms with Crippen molar-refractivity contribution in [1.29, 1.82) is 0 Å². The van der Waals surface area contributed by atoms with E-state index in [9.17, 15) is 4.79 Å². The number of nitrogens with one attached hydrogen (secondary N) is 1. The SMILES string of the molecule is CNC(C)(CC(C)Sc1nc(C)c(C)o1)C(=O)OC. The number of ether oxygens (including phenoxy) is 1. The van der Waals surface area contributed by atoms with E-state index in [1.54, 1.807) is 7.05 Å². The number of carbonyl (C=O) groups is 1. The van der Waals surface area contributed by atoms with Gasteiger partial charge in [0.05, 0.1) is 12.8 Å². The van der Waals surface area contributed by atoms with Crippen LogP contribution in [0.1, 0.15) is 31.7 Å². The summed E-state index contributed by atoms with van der Waals surface area (Å²) in [6.45, 7) is 7.68. The lowest BCUT2D eigenvalue weighted by atomic mass is 9.96. The van der Waals surface area contributed by atoms with Crippen molar-refractivity contribution < 1.29 is 13.9 Å². The molecular formula is C13H22N2O3S. The molecule has 5 nitrogen and oxygen atoms in total. The maximum absolute atomic E-state index is 11.8. The lowest BCUT2D eigenvalue weighted by molar-refractivity contribution is -0.147. The molecule has 0 aromatic carbocycles. The summed E-state index contributed by atoms with van der Waals surface area (Å²) in [5.74, 6) is 0.571. The van der Waals surface area contributed by atoms with Crippen LogP contribution < -0.4 is 5.32 Å². The van der Waals surface area contributed by atoms with Gasteiger partial charge in [-0.1, -0.05) is 18.7 Å². The van der Waals surface area contributed by atoms with Crippen molar-refractivity contribution in [2.75, 3.05) is 14.2 Å². The largest absolute Gasteiger partial charge is 0.468 e. The maximum atomic E-state index is 11.8. The predicted octanol–water partition coefficient (Wildman–Crippen LogP) is 2.31. The Morgan fingerprint density at radius 1 is 1.58 bits per heavy atom. The van der Waals surface area contributed by atoms with E-state index in [0.29, 0.717) is 11.6 Å². The summed E-state index contributed by atoms with van der Waals surface area (Å²) in [6.07, 6.45) is 0.626. The highest BCUT2D eigenvalue weighted by Crippen LogP contribution is 2.29. The number of esters is 1. The fraction of sp³-hybridized carbons (Fsp3) is 0.692. The van der Waals surface area contributed by atoms with E-state index in [-0.39, 0.29) is 11.2 Å². The minimum Gasteiger partial charge on any atom is -0.468 e. The highest BCUT2D eigenvalue weighted by atomic mass is 32.2. The van der Waals surface area contributed by atoms with Gasteiger partial charge in [-0.15, -0.1) is 0 Å². The van der Waals surface area contributed by atoms with Gasteiger partial charge < -0.3 is 14.5 Å². The number of methoxy groups -OCH3 is 1. The molecule has 19 heavy (non-hydrogen) atoms. The van der Waals surface area contributed by atoms with Gasteiger partial charge in [-0.3, -0.25) is 4.79 Å². The van der Waals surface area contributed by atoms with Crippen LogP contribution in [-0.4, -0.2) is 35.9 Å². The van der Waals surface area contributed by atoms with Crippen molar-refractivity contribution in [3.05, 3.63) is 11.5 Å². The van der Waals surface area contributed by atoms with Gasteiger partial charge in [0.15, 0.2) is 0 Å². The first-order valence-corrected chi connectivity index (χ1v) is 7.08. The second kappa shape index (κ2) is 6.43. The number of thioether (sulfide) groups is 1. The minimum atomic E-state index is -0.697. The van der Waals surface area contributed by atoms with Gasteiger partial charge in [-0.05, 0) is 34.2 Å². The normalized spacial score (nSPS) is 15.9. The standard InChI is InChI=1S/C13H22N2O3S/c1-8(7-13(4,14-5)11(16)17-6)19-12-15-9(2)10(3)18-12/h8,14H,7H2,1-6H3. The molecule has 0 aliphatic rings. The first-order chi connectivity index (χ1) is 8.82. The number of aromatic nitrogens is 1. The number of likely N-dealkylation sites (N-methyl/N-ethyl adjacent to an activating group) is 1. The van der Waals surface area contributed by atoms with Gasteiger partial charge >= 0.3 is 5.97 Å². The molecule has 1 aromatic rings. The van der Waals surface area contributed by atoms with Crippen LogP contribution in [0.4, 0.5) is 0 Å². The molecule has 0 saturated heterocycles. The van der Waals surface area contributed by atoms with Crippen molar-refractivity contribution in [2.45, 2.75) is 50.1 Å². The van der Waals surface area contributed by atoms with E-state index in [1.165, 1.54) is 18.9 Å². The molecule has 6 heteroatoms. The van der Waals surface area contributed by atoms with Gasteiger partial charge in [0.2, 0.25) is 0 Å². The van der Waals surface area contributed by atoms with Gasteiger partial charge in [-0.25, -0.2) is 4.98 Å². The van der Waals surface area contributed by atoms with Crippen molar-refractivity contribution in [2.24, 2.45) is 0 Å². The topological polar surface area (TPSA) is 64.4 Å². The Morgan fingerprint density at radius 3 is 2.63 bits per heavy atom. The quantitative estimate of drug-likeness (QED) is 0.639. The monoisotopic (exact) mass is 286 g/mol. The molecule has 0 aliphatic carbocycles. The van der Waals surface area contributed by atoms with Crippen molar-refractivity contribution >= 4 is 17.7 Å². The zero-order chi connectivity index (χ0) is 14.6. The smallest absolute Gasteiger partial charge is 0.325 e. The fourth-order valence-electron chi connectivity index (χ4n) is 1.80. The Morgan fingerprint density at radius 2 is 2.21 bits per heavy atom. The Bertz CT molecular complexity index is 428. The number of rotatable bonds is 6. The van der Waals surface area contributed by atoms with Crippen LogP contribution in [0.2, 0.25) is 0 Å². The summed E-state index contributed by atoms with van der Waals surface area (Å²) in [4.78, 5) is 16.1. The van der Waals surface area contributed by atoms with Crippen LogP contribution in [0, 0.1) is 13.8 Å². The summed E-state index contributed by atoms with van der Waals surface area (Å²) in [6, 6.07) is 0. The first kappa shape index (κ1) is 16.0. The first-order valence-electron chi connectivity index (χ1n) is 6.20. The molecular weight excluding hydrogens is 264 g/mol. The number of aryl methyl sites for hydroxylation is 2. The van der Waals surface area contributed by atoms with E-state index in [4.69, 9.17) is 9.15 Å². The van der Waals surface area contributed by atoms with Gasteiger partial charge in [0, 0.05) is 5.25 Å². The molecule has 0 spiro atoms. The van der Waals surface area contributed by atoms with E-state index in [2.05, 4.69) is 10.3 Å². The zero-order valence-electron chi connectivity index (χ0n) is 12.4. The van der Waals surface area contributed by atoms with Gasteiger partial charge in [0.1, 0.15) is 11.3 Å². The highest BCUT2D eigenvalue weighted by molar-refractivity contribution is 7.99. The Hall–Kier alpha value is -1.01. The second-order valence-electron chi connectivity index (χ2n) is 4.83. The van der Waals surface area contributed by atoms with Crippen molar-refractivity contribution in [3.63, 3.8) is 0 Å². The molecule has 0 aliphatic heterocycles. The lowest BCUT2D eigenvalue weighted by Gasteiger charge is -2.28. The maximum Gasteiger partial charge on any atom is 0.325 e. The number of hydrogen-bond acceptors (Lipinski definition) is 6. The summed E-state index contributed by atoms with van der Waals surface area (Å²) in [5.41, 5.74) is 0.205. The van der Waals surface area contributed by atoms with Crippen LogP contribution in [-0.2, 0) is 9.53 Å². The highest BCUT2D eigenvalue weighted by Gasteiger charge is 2.34. The third-order valence-electron chi connectivity index (χ3n) is 3.19. The van der Waals surface area contributed by atoms with E-state index >= 15 is 0 Å². The fourth-order valence-corrected chi connectivity index (χ4v) is 2.92. The average molecular weight is 286 g/mol. The number of hydrogen-bond donors (Lipinski definition) is 1. The molecule has 0 radical (unpaired) electrons. The van der Waals surface area contributed by atoms with Gasteiger partial charge in [0.25, 0.3) is 5.22 Å². The third-order valence-corrected chi connectivity index (χ3v) is 4.14. The van der Waals surface area contributed by atoms with Crippen LogP contribution in [0.15, 0.2) is 9.64 Å². The average Bonchev–Trinajstić information content (AvgIpc) is 2.66. The molecule has 0 amide bonds. The molecule has 2 atom stereocenters. The Kier molecular flexibility index (Phi) is 5.43. The summed E-state index contributed by atoms with van der Waals surface area (Å²) < 4.78 is 10.4. The molecule has 1 heterocycles. The van der Waals surface area contributed by atoms with Crippen LogP contribution >= 0.6 is 11.8 Å². The molecule has 1 N–H and O–H groups in total. The molecule has 0 fully saturated rings. The van der Waals surface area contributed by atoms with Crippen molar-refractivity contribution in [1.82, 2.24) is 10.3 Å². The van der Waals surface area contributed by atoms with E-state index < -0.39 is 5.54 Å². The molecule has 2 unspecified atom stereocenters. The predicted molar refractivity (Wildman–Crippen MR) is 75.4 cm³/mol. The summed E-state index contributed by atoms with van der Waals surface area (Å²) in [7, 11) is 3.16. The Labute approximate surface area is 118 Å². The van der Waals surface area contributed by atoms with Crippen LogP contribution in [0.25, 0.3) is 0 Å². The van der Waals surface area contributed by atoms with E-state index in [1.807, 2.05) is 27.7 Å². The van der Waals surface area contributed by atoms with Crippen LogP contribution in [0.5, 0.6) is 0 Å². The molecule has 0 bridgehead atoms. The summed E-state index contributed by atoms with van der Waals surface area (Å²) >= 11 is 1.52. The Balaban J connectivity index is 2.68. The van der Waals surface area contributed by atoms with Crippen LogP contribution in [0.3, 0.4) is 0 Å². The van der Waals surface area contributed by atoms with E-state index in [0.717, 1.165) is 11.5 Å². The number of nitrogens with zero attached hydrogens (tertiary/aromatic N) is 1. The number of oxazole rings is 1. The molecule has 108 valence electrons. The number of carbonyl (C=O) groups excluding carboxylic acids is 1. The zero-order valence-corrected chi connectivity index (χ0v) is 13.2. The minimum absolute atomic E-state index is 0.175. The summed E-state index contributed by atoms with van der Waals surface area (Å²) in [5, 5.41) is 3.84. The molecule has 1 aromatic heterocycles. The second-order valence-corrected chi connectivity index (χ2v) is 6.22. The molecule has 0 saturated carbocycles. The third kappa shape index (κ3) is 3.98. The lowest BCUT2D eigenvalue weighted by Crippen LogP contribution is -2.49. The van der Waals surface area contributed by atoms with Crippen molar-refractivity contribution in [3.8, 4) is 0 Å². The molecule has 1 rings (SSSR count). The van der Waals surface area contributed by atoms with Gasteiger partial charge in [-0.2, -0.15) is 0 Å².